The van der Waals surface area contributed by atoms with Crippen LogP contribution in [0.5, 0.6) is 5.75 Å². The van der Waals surface area contributed by atoms with Gasteiger partial charge in [-0.1, -0.05) is 0 Å². The minimum atomic E-state index is -0.0531. The second-order valence-electron chi connectivity index (χ2n) is 5.46. The SMILES string of the molecule is CC(C)Oc1ccc2c(c1)nc(CO)n2CCN(C)C. The highest BCUT2D eigenvalue weighted by Gasteiger charge is 2.11. The summed E-state index contributed by atoms with van der Waals surface area (Å²) in [6.07, 6.45) is 0.139. The van der Waals surface area contributed by atoms with E-state index in [0.717, 1.165) is 29.9 Å². The quantitative estimate of drug-likeness (QED) is 0.876. The van der Waals surface area contributed by atoms with Crippen molar-refractivity contribution in [3.05, 3.63) is 24.0 Å². The van der Waals surface area contributed by atoms with E-state index in [1.807, 2.05) is 46.1 Å². The van der Waals surface area contributed by atoms with E-state index in [4.69, 9.17) is 4.74 Å². The molecule has 0 saturated carbocycles. The molecule has 1 aromatic carbocycles. The van der Waals surface area contributed by atoms with Gasteiger partial charge in [0.1, 0.15) is 18.2 Å². The summed E-state index contributed by atoms with van der Waals surface area (Å²) >= 11 is 0. The molecule has 0 atom stereocenters. The average Bonchev–Trinajstić information content (AvgIpc) is 2.72. The van der Waals surface area contributed by atoms with Gasteiger partial charge in [0.2, 0.25) is 0 Å². The number of nitrogens with zero attached hydrogens (tertiary/aromatic N) is 3. The highest BCUT2D eigenvalue weighted by molar-refractivity contribution is 5.77. The van der Waals surface area contributed by atoms with Crippen molar-refractivity contribution in [3.63, 3.8) is 0 Å². The average molecular weight is 277 g/mol. The molecule has 0 aliphatic carbocycles. The van der Waals surface area contributed by atoms with Gasteiger partial charge in [0.05, 0.1) is 17.1 Å². The largest absolute Gasteiger partial charge is 0.491 e. The van der Waals surface area contributed by atoms with Crippen molar-refractivity contribution in [2.75, 3.05) is 20.6 Å². The van der Waals surface area contributed by atoms with Crippen LogP contribution in [0, 0.1) is 0 Å². The van der Waals surface area contributed by atoms with Crippen molar-refractivity contribution in [1.82, 2.24) is 14.5 Å². The maximum Gasteiger partial charge on any atom is 0.135 e. The van der Waals surface area contributed by atoms with Gasteiger partial charge in [0.15, 0.2) is 0 Å². The molecule has 0 aliphatic heterocycles. The molecule has 0 fully saturated rings. The maximum atomic E-state index is 9.47. The van der Waals surface area contributed by atoms with Gasteiger partial charge in [-0.15, -0.1) is 0 Å². The molecule has 5 nitrogen and oxygen atoms in total. The topological polar surface area (TPSA) is 50.5 Å². The molecule has 0 radical (unpaired) electrons. The Morgan fingerprint density at radius 2 is 2.10 bits per heavy atom. The van der Waals surface area contributed by atoms with Crippen LogP contribution >= 0.6 is 0 Å². The highest BCUT2D eigenvalue weighted by atomic mass is 16.5. The van der Waals surface area contributed by atoms with Gasteiger partial charge < -0.3 is 19.3 Å². The van der Waals surface area contributed by atoms with E-state index in [1.54, 1.807) is 0 Å². The first-order valence-electron chi connectivity index (χ1n) is 6.92. The van der Waals surface area contributed by atoms with Crippen LogP contribution in [0.2, 0.25) is 0 Å². The Kier molecular flexibility index (Phi) is 4.62. The molecule has 0 unspecified atom stereocenters. The third-order valence-corrected chi connectivity index (χ3v) is 3.08. The van der Waals surface area contributed by atoms with Crippen molar-refractivity contribution < 1.29 is 9.84 Å². The number of hydrogen-bond donors (Lipinski definition) is 1. The van der Waals surface area contributed by atoms with Crippen molar-refractivity contribution in [2.24, 2.45) is 0 Å². The number of likely N-dealkylation sites (N-methyl/N-ethyl adjacent to an activating group) is 1. The summed E-state index contributed by atoms with van der Waals surface area (Å²) in [6, 6.07) is 5.90. The molecule has 0 amide bonds. The number of aromatic nitrogens is 2. The van der Waals surface area contributed by atoms with Crippen LogP contribution < -0.4 is 4.74 Å². The zero-order valence-electron chi connectivity index (χ0n) is 12.6. The lowest BCUT2D eigenvalue weighted by Gasteiger charge is -2.13. The maximum absolute atomic E-state index is 9.47. The predicted octanol–water partition coefficient (Wildman–Crippen LogP) is 1.88. The molecular formula is C15H23N3O2. The molecule has 0 saturated heterocycles. The Morgan fingerprint density at radius 1 is 1.35 bits per heavy atom. The summed E-state index contributed by atoms with van der Waals surface area (Å²) in [6.45, 7) is 5.66. The van der Waals surface area contributed by atoms with E-state index in [0.29, 0.717) is 5.82 Å². The van der Waals surface area contributed by atoms with Crippen LogP contribution in [0.1, 0.15) is 19.7 Å². The van der Waals surface area contributed by atoms with E-state index in [1.165, 1.54) is 0 Å². The Hall–Kier alpha value is -1.59. The zero-order chi connectivity index (χ0) is 14.7. The molecule has 0 bridgehead atoms. The second kappa shape index (κ2) is 6.24. The predicted molar refractivity (Wildman–Crippen MR) is 80.0 cm³/mol. The van der Waals surface area contributed by atoms with Gasteiger partial charge in [-0.2, -0.15) is 0 Å². The number of aliphatic hydroxyl groups excluding tert-OH is 1. The Balaban J connectivity index is 2.36. The van der Waals surface area contributed by atoms with E-state index in [2.05, 4.69) is 14.5 Å². The standard InChI is InChI=1S/C15H23N3O2/c1-11(2)20-12-5-6-14-13(9-12)16-15(10-19)18(14)8-7-17(3)4/h5-6,9,11,19H,7-8,10H2,1-4H3. The van der Waals surface area contributed by atoms with Crippen LogP contribution in [0.25, 0.3) is 11.0 Å². The smallest absolute Gasteiger partial charge is 0.135 e. The van der Waals surface area contributed by atoms with Gasteiger partial charge in [-0.25, -0.2) is 4.98 Å². The number of aliphatic hydroxyl groups is 1. The molecule has 2 rings (SSSR count). The Labute approximate surface area is 119 Å². The second-order valence-corrected chi connectivity index (χ2v) is 5.46. The molecule has 0 spiro atoms. The summed E-state index contributed by atoms with van der Waals surface area (Å²) in [5.74, 6) is 1.51. The van der Waals surface area contributed by atoms with E-state index in [-0.39, 0.29) is 12.7 Å². The fourth-order valence-corrected chi connectivity index (χ4v) is 2.18. The van der Waals surface area contributed by atoms with Crippen molar-refractivity contribution in [1.29, 1.82) is 0 Å². The molecule has 1 heterocycles. The number of fused-ring (bicyclic) bond motifs is 1. The number of hydrogen-bond acceptors (Lipinski definition) is 4. The van der Waals surface area contributed by atoms with Gasteiger partial charge in [0.25, 0.3) is 0 Å². The minimum Gasteiger partial charge on any atom is -0.491 e. The van der Waals surface area contributed by atoms with Crippen molar-refractivity contribution in [2.45, 2.75) is 33.1 Å². The molecule has 2 aromatic rings. The van der Waals surface area contributed by atoms with Gasteiger partial charge in [0, 0.05) is 19.2 Å². The lowest BCUT2D eigenvalue weighted by Crippen LogP contribution is -2.19. The van der Waals surface area contributed by atoms with E-state index < -0.39 is 0 Å². The minimum absolute atomic E-state index is 0.0531. The molecule has 20 heavy (non-hydrogen) atoms. The number of rotatable bonds is 6. The van der Waals surface area contributed by atoms with Gasteiger partial charge >= 0.3 is 0 Å². The molecule has 1 N–H and O–H groups in total. The number of benzene rings is 1. The summed E-state index contributed by atoms with van der Waals surface area (Å²) < 4.78 is 7.75. The lowest BCUT2D eigenvalue weighted by atomic mass is 10.3. The lowest BCUT2D eigenvalue weighted by molar-refractivity contribution is 0.242. The number of imidazole rings is 1. The first-order valence-corrected chi connectivity index (χ1v) is 6.92. The third-order valence-electron chi connectivity index (χ3n) is 3.08. The summed E-state index contributed by atoms with van der Waals surface area (Å²) in [4.78, 5) is 6.61. The monoisotopic (exact) mass is 277 g/mol. The first-order chi connectivity index (χ1) is 9.51. The Morgan fingerprint density at radius 3 is 2.70 bits per heavy atom. The van der Waals surface area contributed by atoms with Crippen LogP contribution in [0.4, 0.5) is 0 Å². The Bertz CT molecular complexity index is 576. The van der Waals surface area contributed by atoms with Crippen LogP contribution in [-0.2, 0) is 13.2 Å². The van der Waals surface area contributed by atoms with Crippen molar-refractivity contribution in [3.8, 4) is 5.75 Å². The normalized spacial score (nSPS) is 11.8. The van der Waals surface area contributed by atoms with Crippen LogP contribution in [-0.4, -0.2) is 46.3 Å². The number of ether oxygens (including phenoxy) is 1. The van der Waals surface area contributed by atoms with Crippen LogP contribution in [0.3, 0.4) is 0 Å². The first kappa shape index (κ1) is 14.8. The van der Waals surface area contributed by atoms with Gasteiger partial charge in [-0.05, 0) is 40.1 Å². The van der Waals surface area contributed by atoms with Crippen molar-refractivity contribution >= 4 is 11.0 Å². The summed E-state index contributed by atoms with van der Waals surface area (Å²) in [5.41, 5.74) is 1.90. The molecule has 0 aliphatic rings. The van der Waals surface area contributed by atoms with Crippen LogP contribution in [0.15, 0.2) is 18.2 Å². The fraction of sp³-hybridized carbons (Fsp3) is 0.533. The third kappa shape index (κ3) is 3.29. The fourth-order valence-electron chi connectivity index (χ4n) is 2.18. The molecular weight excluding hydrogens is 254 g/mol. The molecule has 5 heteroatoms. The van der Waals surface area contributed by atoms with Gasteiger partial charge in [-0.3, -0.25) is 0 Å². The molecule has 1 aromatic heterocycles. The summed E-state index contributed by atoms with van der Waals surface area (Å²) in [7, 11) is 4.07. The summed E-state index contributed by atoms with van der Waals surface area (Å²) in [5, 5.41) is 9.47. The molecule has 110 valence electrons. The highest BCUT2D eigenvalue weighted by Crippen LogP contribution is 2.23. The zero-order valence-corrected chi connectivity index (χ0v) is 12.6. The van der Waals surface area contributed by atoms with E-state index >= 15 is 0 Å². The van der Waals surface area contributed by atoms with E-state index in [9.17, 15) is 5.11 Å².